The highest BCUT2D eigenvalue weighted by Crippen LogP contribution is 2.64. The first-order chi connectivity index (χ1) is 37.1. The van der Waals surface area contributed by atoms with Crippen LogP contribution < -0.4 is 0 Å². The molecule has 0 fully saturated rings. The van der Waals surface area contributed by atoms with E-state index in [4.69, 9.17) is 13.3 Å². The summed E-state index contributed by atoms with van der Waals surface area (Å²) in [5.41, 5.74) is 27.9. The normalized spacial score (nSPS) is 15.9. The summed E-state index contributed by atoms with van der Waals surface area (Å²) in [4.78, 5) is 0. The van der Waals surface area contributed by atoms with Crippen LogP contribution in [0.4, 0.5) is 0 Å². The van der Waals surface area contributed by atoms with E-state index in [-0.39, 0.29) is 27.6 Å². The summed E-state index contributed by atoms with van der Waals surface area (Å²) in [5, 5.41) is 7.02. The van der Waals surface area contributed by atoms with E-state index in [0.717, 1.165) is 55.2 Å². The zero-order valence-electron chi connectivity index (χ0n) is 45.1. The fourth-order valence-electron chi connectivity index (χ4n) is 15.1. The Balaban J connectivity index is 0.933. The van der Waals surface area contributed by atoms with Gasteiger partial charge in [-0.05, 0) is 131 Å². The Kier molecular flexibility index (Phi) is 8.71. The van der Waals surface area contributed by atoms with E-state index in [2.05, 4.69) is 244 Å². The van der Waals surface area contributed by atoms with E-state index in [1.165, 1.54) is 111 Å². The fourth-order valence-corrected chi connectivity index (χ4v) is 15.1. The van der Waals surface area contributed by atoms with Gasteiger partial charge in [0.25, 0.3) is 0 Å². The van der Waals surface area contributed by atoms with E-state index in [9.17, 15) is 0 Å². The average Bonchev–Trinajstić information content (AvgIpc) is 4.45. The third-order valence-electron chi connectivity index (χ3n) is 18.7. The van der Waals surface area contributed by atoms with Gasteiger partial charge in [-0.25, -0.2) is 0 Å². The molecule has 13 aromatic rings. The Bertz CT molecular complexity index is 4760. The van der Waals surface area contributed by atoms with Crippen LogP contribution in [0.15, 0.2) is 195 Å². The molecule has 1 atom stereocenters. The maximum Gasteiger partial charge on any atom is 0.144 e. The Morgan fingerprint density at radius 3 is 1.51 bits per heavy atom. The fraction of sp³-hybridized carbons (Fsp3) is 0.189. The molecule has 1 unspecified atom stereocenters. The highest BCUT2D eigenvalue weighted by Gasteiger charge is 2.49. The Morgan fingerprint density at radius 1 is 0.338 bits per heavy atom. The summed E-state index contributed by atoms with van der Waals surface area (Å²) in [6.45, 7) is 21.6. The van der Waals surface area contributed by atoms with Crippen molar-refractivity contribution in [3.63, 3.8) is 0 Å². The lowest BCUT2D eigenvalue weighted by molar-refractivity contribution is 0.591. The van der Waals surface area contributed by atoms with Gasteiger partial charge in [0.1, 0.15) is 33.5 Å². The van der Waals surface area contributed by atoms with Crippen molar-refractivity contribution in [3.8, 4) is 44.5 Å². The van der Waals surface area contributed by atoms with E-state index >= 15 is 0 Å². The number of fused-ring (bicyclic) bond motifs is 22. The minimum Gasteiger partial charge on any atom is -0.456 e. The van der Waals surface area contributed by atoms with Crippen LogP contribution in [0.3, 0.4) is 0 Å². The van der Waals surface area contributed by atoms with Gasteiger partial charge in [0.15, 0.2) is 0 Å². The predicted molar refractivity (Wildman–Crippen MR) is 319 cm³/mol. The van der Waals surface area contributed by atoms with E-state index < -0.39 is 0 Å². The summed E-state index contributed by atoms with van der Waals surface area (Å²) in [6.07, 6.45) is 0. The molecule has 77 heavy (non-hydrogen) atoms. The third-order valence-corrected chi connectivity index (χ3v) is 18.7. The number of furan rings is 3. The van der Waals surface area contributed by atoms with Crippen LogP contribution >= 0.6 is 0 Å². The molecular formula is C74H58O3. The second-order valence-corrected chi connectivity index (χ2v) is 25.1. The van der Waals surface area contributed by atoms with E-state index in [0.29, 0.717) is 0 Å². The zero-order chi connectivity index (χ0) is 52.2. The van der Waals surface area contributed by atoms with Gasteiger partial charge in [-0.2, -0.15) is 0 Å². The number of para-hydroxylation sites is 3. The lowest BCUT2D eigenvalue weighted by Crippen LogP contribution is -2.24. The predicted octanol–water partition coefficient (Wildman–Crippen LogP) is 20.4. The van der Waals surface area contributed by atoms with Crippen LogP contribution in [0.1, 0.15) is 124 Å². The van der Waals surface area contributed by atoms with Crippen molar-refractivity contribution in [3.05, 3.63) is 238 Å². The summed E-state index contributed by atoms with van der Waals surface area (Å²) in [6, 6.07) is 67.8. The minimum absolute atomic E-state index is 0.0696. The van der Waals surface area contributed by atoms with Crippen LogP contribution in [-0.2, 0) is 21.7 Å². The van der Waals surface area contributed by atoms with Gasteiger partial charge in [0, 0.05) is 65.6 Å². The summed E-state index contributed by atoms with van der Waals surface area (Å²) in [7, 11) is 0. The van der Waals surface area contributed by atoms with Gasteiger partial charge in [-0.15, -0.1) is 0 Å². The Morgan fingerprint density at radius 2 is 0.818 bits per heavy atom. The molecule has 3 aromatic heterocycles. The molecule has 3 heterocycles. The maximum atomic E-state index is 7.11. The molecule has 0 saturated carbocycles. The van der Waals surface area contributed by atoms with Crippen molar-refractivity contribution in [2.45, 2.75) is 89.9 Å². The second kappa shape index (κ2) is 15.0. The maximum absolute atomic E-state index is 7.11. The van der Waals surface area contributed by atoms with Crippen LogP contribution in [0, 0.1) is 0 Å². The van der Waals surface area contributed by atoms with Crippen LogP contribution in [0.25, 0.3) is 110 Å². The largest absolute Gasteiger partial charge is 0.456 e. The smallest absolute Gasteiger partial charge is 0.144 e. The van der Waals surface area contributed by atoms with Crippen molar-refractivity contribution < 1.29 is 13.3 Å². The number of hydrogen-bond donors (Lipinski definition) is 0. The van der Waals surface area contributed by atoms with E-state index in [1.54, 1.807) is 0 Å². The standard InChI is InChI=1S/C74H58O3/c1-71(2,3)52-25-15-10-20-43(52)51-39-56-62(64-48-23-13-18-28-58(48)76-69(51)64)46-33-30-41(37-54(46)72(56,4)5)61(40-32-35-60-50(36-40)44-21-12-17-27-57(44)75-60)42-31-34-47-55(38-42)74(8,9)68-66(47)70-65(49-24-14-19-29-59(49)77-70)63-45-22-11-16-26-53(45)73(6,7)67(63)68/h10-39,61H,1-9H3. The van der Waals surface area contributed by atoms with Gasteiger partial charge in [-0.3, -0.25) is 0 Å². The summed E-state index contributed by atoms with van der Waals surface area (Å²) >= 11 is 0. The molecule has 0 radical (unpaired) electrons. The highest BCUT2D eigenvalue weighted by atomic mass is 16.3. The first kappa shape index (κ1) is 44.9. The molecule has 0 amide bonds. The molecule has 3 nitrogen and oxygen atoms in total. The Hall–Kier alpha value is -8.40. The number of hydrogen-bond acceptors (Lipinski definition) is 3. The van der Waals surface area contributed by atoms with Gasteiger partial charge in [-0.1, -0.05) is 208 Å². The molecule has 0 spiro atoms. The molecule has 10 aromatic carbocycles. The molecule has 0 aliphatic heterocycles. The van der Waals surface area contributed by atoms with Crippen molar-refractivity contribution in [2.24, 2.45) is 0 Å². The lowest BCUT2D eigenvalue weighted by atomic mass is 9.71. The van der Waals surface area contributed by atoms with Gasteiger partial charge in [0.2, 0.25) is 0 Å². The van der Waals surface area contributed by atoms with Gasteiger partial charge >= 0.3 is 0 Å². The first-order valence-electron chi connectivity index (χ1n) is 27.5. The van der Waals surface area contributed by atoms with Crippen LogP contribution in [0.5, 0.6) is 0 Å². The lowest BCUT2D eigenvalue weighted by Gasteiger charge is -2.31. The SMILES string of the molecule is CC(C)(C)c1ccccc1-c1cc2c(c3c1oc1ccccc13)-c1ccc(C(c3ccc4c(c3)C(C)(C)c3c5c(c6c(oc7ccccc76)c3-4)-c3ccccc3C5(C)C)c3ccc4oc5ccccc5c4c3)cc1C2(C)C. The molecule has 0 bridgehead atoms. The molecule has 3 aliphatic carbocycles. The molecule has 16 rings (SSSR count). The number of benzene rings is 10. The monoisotopic (exact) mass is 994 g/mol. The summed E-state index contributed by atoms with van der Waals surface area (Å²) < 4.78 is 20.6. The van der Waals surface area contributed by atoms with Crippen molar-refractivity contribution in [2.75, 3.05) is 0 Å². The zero-order valence-corrected chi connectivity index (χ0v) is 45.1. The third kappa shape index (κ3) is 5.82. The highest BCUT2D eigenvalue weighted by molar-refractivity contribution is 6.21. The van der Waals surface area contributed by atoms with Crippen molar-refractivity contribution >= 4 is 65.8 Å². The van der Waals surface area contributed by atoms with Gasteiger partial charge < -0.3 is 13.3 Å². The molecule has 372 valence electrons. The average molecular weight is 995 g/mol. The molecule has 3 heteroatoms. The van der Waals surface area contributed by atoms with Gasteiger partial charge in [0.05, 0.1) is 0 Å². The van der Waals surface area contributed by atoms with E-state index in [1.807, 2.05) is 0 Å². The number of rotatable bonds is 4. The van der Waals surface area contributed by atoms with Crippen LogP contribution in [0.2, 0.25) is 0 Å². The molecule has 0 N–H and O–H groups in total. The van der Waals surface area contributed by atoms with Crippen molar-refractivity contribution in [1.82, 2.24) is 0 Å². The summed E-state index contributed by atoms with van der Waals surface area (Å²) in [5.74, 6) is -0.107. The topological polar surface area (TPSA) is 39.4 Å². The van der Waals surface area contributed by atoms with Crippen molar-refractivity contribution in [1.29, 1.82) is 0 Å². The quantitative estimate of drug-likeness (QED) is 0.165. The minimum atomic E-state index is -0.351. The molecule has 3 aliphatic rings. The molecule has 0 saturated heterocycles. The molecular weight excluding hydrogens is 937 g/mol. The Labute approximate surface area is 448 Å². The second-order valence-electron chi connectivity index (χ2n) is 25.1. The first-order valence-corrected chi connectivity index (χ1v) is 27.5. The van der Waals surface area contributed by atoms with Crippen LogP contribution in [-0.4, -0.2) is 0 Å².